The average molecular weight is 326 g/mol. The highest BCUT2D eigenvalue weighted by atomic mass is 79.9. The van der Waals surface area contributed by atoms with Crippen LogP contribution in [0, 0.1) is 0 Å². The number of halogens is 1. The van der Waals surface area contributed by atoms with Crippen molar-refractivity contribution >= 4 is 21.7 Å². The highest BCUT2D eigenvalue weighted by Crippen LogP contribution is 2.21. The van der Waals surface area contributed by atoms with Gasteiger partial charge in [0.05, 0.1) is 5.60 Å². The number of carbonyl (C=O) groups is 1. The number of Topliss-reactive ketones (excluding diaryl/α,β-unsaturated/α-hetero) is 1. The van der Waals surface area contributed by atoms with E-state index in [4.69, 9.17) is 0 Å². The molecule has 0 aliphatic carbocycles. The Labute approximate surface area is 122 Å². The molecule has 0 atom stereocenters. The third-order valence-electron chi connectivity index (χ3n) is 3.73. The minimum Gasteiger partial charge on any atom is -0.390 e. The summed E-state index contributed by atoms with van der Waals surface area (Å²) in [5.41, 5.74) is 0.239. The first-order chi connectivity index (χ1) is 8.96. The van der Waals surface area contributed by atoms with E-state index in [0.717, 1.165) is 42.5 Å². The molecule has 1 saturated heterocycles. The number of piperidine rings is 1. The maximum atomic E-state index is 12.1. The van der Waals surface area contributed by atoms with Crippen LogP contribution in [-0.4, -0.2) is 41.0 Å². The molecule has 4 heteroatoms. The fourth-order valence-electron chi connectivity index (χ4n) is 2.32. The van der Waals surface area contributed by atoms with Crippen LogP contribution < -0.4 is 0 Å². The zero-order valence-corrected chi connectivity index (χ0v) is 12.8. The fraction of sp³-hybridized carbons (Fsp3) is 0.533. The minimum absolute atomic E-state index is 0.179. The lowest BCUT2D eigenvalue weighted by molar-refractivity contribution is -0.00506. The first-order valence-electron chi connectivity index (χ1n) is 6.70. The molecule has 1 heterocycles. The summed E-state index contributed by atoms with van der Waals surface area (Å²) in [6.45, 7) is 4.41. The van der Waals surface area contributed by atoms with Crippen molar-refractivity contribution in [3.63, 3.8) is 0 Å². The van der Waals surface area contributed by atoms with Gasteiger partial charge in [-0.25, -0.2) is 0 Å². The fourth-order valence-corrected chi connectivity index (χ4v) is 2.72. The SMILES string of the molecule is CC1(O)CCN(CCC(=O)c2cccc(Br)c2)CC1. The van der Waals surface area contributed by atoms with E-state index in [0.29, 0.717) is 6.42 Å². The Kier molecular flexibility index (Phi) is 4.76. The molecule has 0 unspecified atom stereocenters. The molecule has 19 heavy (non-hydrogen) atoms. The molecule has 1 aromatic rings. The van der Waals surface area contributed by atoms with Crippen LogP contribution in [0.2, 0.25) is 0 Å². The largest absolute Gasteiger partial charge is 0.390 e. The summed E-state index contributed by atoms with van der Waals surface area (Å²) in [6, 6.07) is 7.52. The van der Waals surface area contributed by atoms with Crippen LogP contribution in [0.15, 0.2) is 28.7 Å². The van der Waals surface area contributed by atoms with E-state index in [1.165, 1.54) is 0 Å². The van der Waals surface area contributed by atoms with Crippen LogP contribution in [0.5, 0.6) is 0 Å². The Morgan fingerprint density at radius 2 is 2.11 bits per heavy atom. The van der Waals surface area contributed by atoms with E-state index in [1.807, 2.05) is 31.2 Å². The van der Waals surface area contributed by atoms with Crippen LogP contribution in [-0.2, 0) is 0 Å². The third-order valence-corrected chi connectivity index (χ3v) is 4.23. The van der Waals surface area contributed by atoms with Gasteiger partial charge in [-0.05, 0) is 31.9 Å². The normalized spacial score (nSPS) is 19.3. The predicted molar refractivity (Wildman–Crippen MR) is 79.4 cm³/mol. The summed E-state index contributed by atoms with van der Waals surface area (Å²) < 4.78 is 0.937. The van der Waals surface area contributed by atoms with Gasteiger partial charge in [0.15, 0.2) is 5.78 Å². The molecule has 0 radical (unpaired) electrons. The molecule has 1 aliphatic heterocycles. The first kappa shape index (κ1) is 14.7. The summed E-state index contributed by atoms with van der Waals surface area (Å²) in [6.07, 6.45) is 2.12. The summed E-state index contributed by atoms with van der Waals surface area (Å²) in [5.74, 6) is 0.179. The second-order valence-corrected chi connectivity index (χ2v) is 6.44. The second kappa shape index (κ2) is 6.16. The van der Waals surface area contributed by atoms with Crippen molar-refractivity contribution in [2.24, 2.45) is 0 Å². The molecule has 1 aromatic carbocycles. The molecule has 3 nitrogen and oxygen atoms in total. The number of aliphatic hydroxyl groups is 1. The van der Waals surface area contributed by atoms with E-state index < -0.39 is 5.60 Å². The van der Waals surface area contributed by atoms with Crippen LogP contribution >= 0.6 is 15.9 Å². The summed E-state index contributed by atoms with van der Waals surface area (Å²) in [4.78, 5) is 14.3. The van der Waals surface area contributed by atoms with Gasteiger partial charge in [0.25, 0.3) is 0 Å². The molecule has 0 aromatic heterocycles. The predicted octanol–water partition coefficient (Wildman–Crippen LogP) is 2.87. The topological polar surface area (TPSA) is 40.5 Å². The molecule has 0 amide bonds. The number of carbonyl (C=O) groups excluding carboxylic acids is 1. The van der Waals surface area contributed by atoms with Gasteiger partial charge in [0.2, 0.25) is 0 Å². The highest BCUT2D eigenvalue weighted by Gasteiger charge is 2.27. The number of nitrogens with zero attached hydrogens (tertiary/aromatic N) is 1. The monoisotopic (exact) mass is 325 g/mol. The van der Waals surface area contributed by atoms with Gasteiger partial charge in [0.1, 0.15) is 0 Å². The van der Waals surface area contributed by atoms with Gasteiger partial charge in [-0.2, -0.15) is 0 Å². The minimum atomic E-state index is -0.523. The lowest BCUT2D eigenvalue weighted by atomic mass is 9.93. The Morgan fingerprint density at radius 1 is 1.42 bits per heavy atom. The van der Waals surface area contributed by atoms with Crippen molar-refractivity contribution in [1.29, 1.82) is 0 Å². The van der Waals surface area contributed by atoms with Crippen molar-refractivity contribution < 1.29 is 9.90 Å². The zero-order valence-electron chi connectivity index (χ0n) is 11.2. The molecule has 0 bridgehead atoms. The number of benzene rings is 1. The van der Waals surface area contributed by atoms with Gasteiger partial charge in [-0.1, -0.05) is 28.1 Å². The molecular weight excluding hydrogens is 306 g/mol. The van der Waals surface area contributed by atoms with Gasteiger partial charge in [-0.15, -0.1) is 0 Å². The lowest BCUT2D eigenvalue weighted by Gasteiger charge is -2.35. The van der Waals surface area contributed by atoms with Gasteiger partial charge < -0.3 is 10.0 Å². The zero-order chi connectivity index (χ0) is 13.9. The summed E-state index contributed by atoms with van der Waals surface area (Å²) >= 11 is 3.38. The first-order valence-corrected chi connectivity index (χ1v) is 7.49. The second-order valence-electron chi connectivity index (χ2n) is 5.52. The third kappa shape index (κ3) is 4.41. The van der Waals surface area contributed by atoms with Gasteiger partial charge in [-0.3, -0.25) is 4.79 Å². The number of hydrogen-bond donors (Lipinski definition) is 1. The van der Waals surface area contributed by atoms with E-state index in [-0.39, 0.29) is 5.78 Å². The number of likely N-dealkylation sites (tertiary alicyclic amines) is 1. The van der Waals surface area contributed by atoms with Crippen molar-refractivity contribution in [1.82, 2.24) is 4.90 Å². The van der Waals surface area contributed by atoms with Crippen LogP contribution in [0.4, 0.5) is 0 Å². The number of ketones is 1. The quantitative estimate of drug-likeness (QED) is 0.865. The number of hydrogen-bond acceptors (Lipinski definition) is 3. The molecule has 2 rings (SSSR count). The smallest absolute Gasteiger partial charge is 0.164 e. The average Bonchev–Trinajstić information content (AvgIpc) is 2.37. The molecule has 1 N–H and O–H groups in total. The van der Waals surface area contributed by atoms with E-state index in [9.17, 15) is 9.90 Å². The highest BCUT2D eigenvalue weighted by molar-refractivity contribution is 9.10. The van der Waals surface area contributed by atoms with E-state index >= 15 is 0 Å². The Hall–Kier alpha value is -0.710. The van der Waals surface area contributed by atoms with E-state index in [2.05, 4.69) is 20.8 Å². The molecule has 0 spiro atoms. The van der Waals surface area contributed by atoms with Crippen LogP contribution in [0.1, 0.15) is 36.5 Å². The Bertz CT molecular complexity index is 449. The number of rotatable bonds is 4. The summed E-state index contributed by atoms with van der Waals surface area (Å²) in [7, 11) is 0. The van der Waals surface area contributed by atoms with Gasteiger partial charge in [0, 0.05) is 36.1 Å². The standard InChI is InChI=1S/C15H20BrNO2/c1-15(19)6-9-17(10-7-15)8-5-14(18)12-3-2-4-13(16)11-12/h2-4,11,19H,5-10H2,1H3. The maximum absolute atomic E-state index is 12.1. The molecular formula is C15H20BrNO2. The van der Waals surface area contributed by atoms with Crippen LogP contribution in [0.3, 0.4) is 0 Å². The van der Waals surface area contributed by atoms with Crippen molar-refractivity contribution in [3.8, 4) is 0 Å². The van der Waals surface area contributed by atoms with E-state index in [1.54, 1.807) is 0 Å². The maximum Gasteiger partial charge on any atom is 0.164 e. The Balaban J connectivity index is 1.81. The molecule has 1 aliphatic rings. The summed E-state index contributed by atoms with van der Waals surface area (Å²) in [5, 5.41) is 9.88. The molecule has 1 fully saturated rings. The van der Waals surface area contributed by atoms with Crippen molar-refractivity contribution in [2.75, 3.05) is 19.6 Å². The van der Waals surface area contributed by atoms with Crippen LogP contribution in [0.25, 0.3) is 0 Å². The van der Waals surface area contributed by atoms with Gasteiger partial charge >= 0.3 is 0 Å². The lowest BCUT2D eigenvalue weighted by Crippen LogP contribution is -2.43. The molecule has 104 valence electrons. The van der Waals surface area contributed by atoms with Crippen molar-refractivity contribution in [3.05, 3.63) is 34.3 Å². The molecule has 0 saturated carbocycles. The van der Waals surface area contributed by atoms with Crippen molar-refractivity contribution in [2.45, 2.75) is 31.8 Å². The Morgan fingerprint density at radius 3 is 2.74 bits per heavy atom.